The maximum Gasteiger partial charge on any atom is 0.243 e. The minimum Gasteiger partial charge on any atom is -0.351 e. The third-order valence-corrected chi connectivity index (χ3v) is 3.44. The maximum absolute atomic E-state index is 6.14. The van der Waals surface area contributed by atoms with Crippen LogP contribution >= 0.6 is 0 Å². The summed E-state index contributed by atoms with van der Waals surface area (Å²) in [7, 11) is 0. The topological polar surface area (TPSA) is 68.2 Å². The van der Waals surface area contributed by atoms with Crippen LogP contribution in [-0.4, -0.2) is 26.7 Å². The Morgan fingerprint density at radius 3 is 3.06 bits per heavy atom. The van der Waals surface area contributed by atoms with E-state index in [2.05, 4.69) is 15.4 Å². The van der Waals surface area contributed by atoms with Gasteiger partial charge < -0.3 is 11.1 Å². The number of anilines is 1. The molecule has 5 heteroatoms. The van der Waals surface area contributed by atoms with Gasteiger partial charge in [-0.2, -0.15) is 4.98 Å². The van der Waals surface area contributed by atoms with Crippen LogP contribution in [0.3, 0.4) is 0 Å². The van der Waals surface area contributed by atoms with Crippen molar-refractivity contribution < 1.29 is 0 Å². The molecule has 0 aromatic carbocycles. The lowest BCUT2D eigenvalue weighted by Crippen LogP contribution is -2.52. The first-order valence-electron chi connectivity index (χ1n) is 6.00. The van der Waals surface area contributed by atoms with E-state index in [0.29, 0.717) is 5.95 Å². The van der Waals surface area contributed by atoms with Gasteiger partial charge in [0.2, 0.25) is 5.95 Å². The van der Waals surface area contributed by atoms with Gasteiger partial charge in [-0.05, 0) is 43.9 Å². The van der Waals surface area contributed by atoms with Crippen molar-refractivity contribution >= 4 is 11.6 Å². The van der Waals surface area contributed by atoms with Crippen LogP contribution in [0, 0.1) is 6.92 Å². The molecule has 1 aliphatic rings. The predicted octanol–water partition coefficient (Wildman–Crippen LogP) is 1.33. The molecular formula is C12H17N5. The number of pyridine rings is 1. The van der Waals surface area contributed by atoms with Crippen LogP contribution in [0.5, 0.6) is 0 Å². The number of aryl methyl sites for hydroxylation is 1. The lowest BCUT2D eigenvalue weighted by molar-refractivity contribution is 0.265. The van der Waals surface area contributed by atoms with Gasteiger partial charge in [0, 0.05) is 18.3 Å². The second-order valence-corrected chi connectivity index (χ2v) is 5.01. The van der Waals surface area contributed by atoms with Crippen LogP contribution in [0.1, 0.15) is 24.8 Å². The minimum absolute atomic E-state index is 0.0482. The monoisotopic (exact) mass is 231 g/mol. The van der Waals surface area contributed by atoms with Crippen molar-refractivity contribution in [1.82, 2.24) is 14.6 Å². The van der Waals surface area contributed by atoms with E-state index in [1.807, 2.05) is 25.3 Å². The molecule has 2 aromatic rings. The number of nitrogens with two attached hydrogens (primary N) is 1. The highest BCUT2D eigenvalue weighted by Crippen LogP contribution is 2.28. The van der Waals surface area contributed by atoms with Crippen molar-refractivity contribution in [3.8, 4) is 0 Å². The molecule has 0 saturated heterocycles. The standard InChI is InChI=1S/C12H17N5/c1-9-3-6-17-10(7-9)15-11(16-17)14-8-12(13)4-2-5-12/h3,6-7H,2,4-5,8,13H2,1H3,(H,14,16). The summed E-state index contributed by atoms with van der Waals surface area (Å²) < 4.78 is 1.78. The van der Waals surface area contributed by atoms with Crippen molar-refractivity contribution in [2.24, 2.45) is 5.73 Å². The lowest BCUT2D eigenvalue weighted by atomic mass is 9.78. The number of nitrogens with one attached hydrogen (secondary N) is 1. The third-order valence-electron chi connectivity index (χ3n) is 3.44. The van der Waals surface area contributed by atoms with E-state index < -0.39 is 0 Å². The Bertz CT molecular complexity index is 541. The summed E-state index contributed by atoms with van der Waals surface area (Å²) in [4.78, 5) is 4.42. The normalized spacial score (nSPS) is 18.0. The molecule has 3 N–H and O–H groups in total. The van der Waals surface area contributed by atoms with Crippen LogP contribution in [0.15, 0.2) is 18.3 Å². The molecule has 2 heterocycles. The number of aromatic nitrogens is 3. The second-order valence-electron chi connectivity index (χ2n) is 5.01. The van der Waals surface area contributed by atoms with Crippen LogP contribution in [0.25, 0.3) is 5.65 Å². The quantitative estimate of drug-likeness (QED) is 0.836. The molecule has 1 fully saturated rings. The summed E-state index contributed by atoms with van der Waals surface area (Å²) >= 11 is 0. The van der Waals surface area contributed by atoms with E-state index in [1.165, 1.54) is 12.0 Å². The smallest absolute Gasteiger partial charge is 0.243 e. The van der Waals surface area contributed by atoms with E-state index >= 15 is 0 Å². The first kappa shape index (κ1) is 10.5. The number of fused-ring (bicyclic) bond motifs is 1. The van der Waals surface area contributed by atoms with Crippen molar-refractivity contribution in [3.05, 3.63) is 23.9 Å². The number of hydrogen-bond acceptors (Lipinski definition) is 4. The highest BCUT2D eigenvalue weighted by molar-refractivity contribution is 5.45. The molecular weight excluding hydrogens is 214 g/mol. The molecule has 0 radical (unpaired) electrons. The van der Waals surface area contributed by atoms with E-state index in [-0.39, 0.29) is 5.54 Å². The Hall–Kier alpha value is -1.62. The SMILES string of the molecule is Cc1ccn2nc(NCC3(N)CCC3)nc2c1. The fraction of sp³-hybridized carbons (Fsp3) is 0.500. The Morgan fingerprint density at radius 1 is 1.53 bits per heavy atom. The Balaban J connectivity index is 1.76. The van der Waals surface area contributed by atoms with E-state index in [0.717, 1.165) is 25.0 Å². The molecule has 5 nitrogen and oxygen atoms in total. The van der Waals surface area contributed by atoms with Crippen LogP contribution < -0.4 is 11.1 Å². The summed E-state index contributed by atoms with van der Waals surface area (Å²) in [5.41, 5.74) is 8.15. The molecule has 1 aliphatic carbocycles. The molecule has 1 saturated carbocycles. The molecule has 0 unspecified atom stereocenters. The van der Waals surface area contributed by atoms with Gasteiger partial charge >= 0.3 is 0 Å². The molecule has 0 bridgehead atoms. The summed E-state index contributed by atoms with van der Waals surface area (Å²) in [5.74, 6) is 0.660. The van der Waals surface area contributed by atoms with Crippen molar-refractivity contribution in [2.75, 3.05) is 11.9 Å². The fourth-order valence-electron chi connectivity index (χ4n) is 2.12. The lowest BCUT2D eigenvalue weighted by Gasteiger charge is -2.37. The molecule has 2 aromatic heterocycles. The fourth-order valence-corrected chi connectivity index (χ4v) is 2.12. The molecule has 17 heavy (non-hydrogen) atoms. The van der Waals surface area contributed by atoms with E-state index in [1.54, 1.807) is 4.52 Å². The average Bonchev–Trinajstić information content (AvgIpc) is 2.65. The van der Waals surface area contributed by atoms with E-state index in [9.17, 15) is 0 Å². The van der Waals surface area contributed by atoms with Gasteiger partial charge in [0.1, 0.15) is 0 Å². The molecule has 0 spiro atoms. The van der Waals surface area contributed by atoms with Crippen molar-refractivity contribution in [2.45, 2.75) is 31.7 Å². The molecule has 90 valence electrons. The van der Waals surface area contributed by atoms with Crippen LogP contribution in [-0.2, 0) is 0 Å². The highest BCUT2D eigenvalue weighted by Gasteiger charge is 2.32. The van der Waals surface area contributed by atoms with Gasteiger partial charge in [-0.25, -0.2) is 4.52 Å². The Labute approximate surface area is 100 Å². The zero-order valence-electron chi connectivity index (χ0n) is 9.98. The second kappa shape index (κ2) is 3.70. The number of hydrogen-bond donors (Lipinski definition) is 2. The summed E-state index contributed by atoms with van der Waals surface area (Å²) in [6, 6.07) is 4.03. The van der Waals surface area contributed by atoms with E-state index in [4.69, 9.17) is 5.73 Å². The molecule has 0 aliphatic heterocycles. The largest absolute Gasteiger partial charge is 0.351 e. The summed E-state index contributed by atoms with van der Waals surface area (Å²) in [6.45, 7) is 2.80. The Morgan fingerprint density at radius 2 is 2.35 bits per heavy atom. The zero-order valence-corrected chi connectivity index (χ0v) is 9.98. The van der Waals surface area contributed by atoms with Crippen molar-refractivity contribution in [3.63, 3.8) is 0 Å². The average molecular weight is 231 g/mol. The first-order chi connectivity index (χ1) is 8.15. The number of nitrogens with zero attached hydrogens (tertiary/aromatic N) is 3. The molecule has 0 atom stereocenters. The van der Waals surface area contributed by atoms with Crippen LogP contribution in [0.4, 0.5) is 5.95 Å². The maximum atomic E-state index is 6.14. The molecule has 0 amide bonds. The zero-order chi connectivity index (χ0) is 11.9. The Kier molecular flexibility index (Phi) is 2.29. The minimum atomic E-state index is -0.0482. The van der Waals surface area contributed by atoms with Gasteiger partial charge in [-0.3, -0.25) is 0 Å². The highest BCUT2D eigenvalue weighted by atomic mass is 15.3. The predicted molar refractivity (Wildman–Crippen MR) is 67.0 cm³/mol. The van der Waals surface area contributed by atoms with Gasteiger partial charge in [0.25, 0.3) is 0 Å². The van der Waals surface area contributed by atoms with Gasteiger partial charge in [-0.1, -0.05) is 0 Å². The van der Waals surface area contributed by atoms with Gasteiger partial charge in [-0.15, -0.1) is 5.10 Å². The third kappa shape index (κ3) is 1.98. The summed E-state index contributed by atoms with van der Waals surface area (Å²) in [5, 5.41) is 7.58. The summed E-state index contributed by atoms with van der Waals surface area (Å²) in [6.07, 6.45) is 5.33. The van der Waals surface area contributed by atoms with Crippen LogP contribution in [0.2, 0.25) is 0 Å². The number of rotatable bonds is 3. The van der Waals surface area contributed by atoms with Gasteiger partial charge in [0.05, 0.1) is 0 Å². The van der Waals surface area contributed by atoms with Gasteiger partial charge in [0.15, 0.2) is 5.65 Å². The first-order valence-corrected chi connectivity index (χ1v) is 6.00. The molecule has 3 rings (SSSR count). The van der Waals surface area contributed by atoms with Crippen molar-refractivity contribution in [1.29, 1.82) is 0 Å².